The SMILES string of the molecule is NCSc1ccc2ccccc2n1. The Balaban J connectivity index is 2.49. The molecule has 0 aliphatic heterocycles. The van der Waals surface area contributed by atoms with Crippen LogP contribution >= 0.6 is 11.8 Å². The Kier molecular flexibility index (Phi) is 2.47. The zero-order valence-corrected chi connectivity index (χ0v) is 7.92. The number of rotatable bonds is 2. The van der Waals surface area contributed by atoms with Crippen LogP contribution in [-0.4, -0.2) is 10.9 Å². The second kappa shape index (κ2) is 3.77. The highest BCUT2D eigenvalue weighted by atomic mass is 32.2. The first-order chi connectivity index (χ1) is 6.40. The first-order valence-electron chi connectivity index (χ1n) is 4.09. The van der Waals surface area contributed by atoms with E-state index in [-0.39, 0.29) is 0 Å². The Bertz CT molecular complexity index is 414. The van der Waals surface area contributed by atoms with Crippen molar-refractivity contribution in [1.29, 1.82) is 0 Å². The third-order valence-corrected chi connectivity index (χ3v) is 2.49. The summed E-state index contributed by atoms with van der Waals surface area (Å²) < 4.78 is 0. The lowest BCUT2D eigenvalue weighted by molar-refractivity contribution is 1.18. The van der Waals surface area contributed by atoms with E-state index in [1.165, 1.54) is 5.39 Å². The quantitative estimate of drug-likeness (QED) is 0.583. The summed E-state index contributed by atoms with van der Waals surface area (Å²) in [5, 5.41) is 2.16. The maximum atomic E-state index is 5.43. The lowest BCUT2D eigenvalue weighted by Crippen LogP contribution is -1.93. The van der Waals surface area contributed by atoms with Crippen LogP contribution in [0.25, 0.3) is 10.9 Å². The van der Waals surface area contributed by atoms with E-state index in [0.717, 1.165) is 10.5 Å². The third-order valence-electron chi connectivity index (χ3n) is 1.80. The molecule has 2 nitrogen and oxygen atoms in total. The molecule has 2 aromatic rings. The number of nitrogens with two attached hydrogens (primary N) is 1. The van der Waals surface area contributed by atoms with Gasteiger partial charge in [0, 0.05) is 11.3 Å². The predicted octanol–water partition coefficient (Wildman–Crippen LogP) is 2.24. The molecule has 0 aliphatic rings. The van der Waals surface area contributed by atoms with E-state index < -0.39 is 0 Å². The molecular weight excluding hydrogens is 180 g/mol. The van der Waals surface area contributed by atoms with Gasteiger partial charge in [0.1, 0.15) is 0 Å². The summed E-state index contributed by atoms with van der Waals surface area (Å²) in [6.07, 6.45) is 0. The van der Waals surface area contributed by atoms with Gasteiger partial charge in [0.15, 0.2) is 0 Å². The number of aromatic nitrogens is 1. The number of thioether (sulfide) groups is 1. The van der Waals surface area contributed by atoms with E-state index in [1.807, 2.05) is 24.3 Å². The van der Waals surface area contributed by atoms with Crippen LogP contribution in [0.4, 0.5) is 0 Å². The highest BCUT2D eigenvalue weighted by molar-refractivity contribution is 7.99. The van der Waals surface area contributed by atoms with Gasteiger partial charge in [-0.05, 0) is 12.1 Å². The maximum absolute atomic E-state index is 5.43. The normalized spacial score (nSPS) is 10.5. The smallest absolute Gasteiger partial charge is 0.0980 e. The van der Waals surface area contributed by atoms with Crippen molar-refractivity contribution >= 4 is 22.7 Å². The molecule has 13 heavy (non-hydrogen) atoms. The number of fused-ring (bicyclic) bond motifs is 1. The van der Waals surface area contributed by atoms with Gasteiger partial charge in [0.05, 0.1) is 10.5 Å². The van der Waals surface area contributed by atoms with Gasteiger partial charge >= 0.3 is 0 Å². The number of hydrogen-bond acceptors (Lipinski definition) is 3. The second-order valence-corrected chi connectivity index (χ2v) is 3.69. The van der Waals surface area contributed by atoms with Crippen molar-refractivity contribution in [2.75, 3.05) is 5.88 Å². The first-order valence-corrected chi connectivity index (χ1v) is 5.07. The van der Waals surface area contributed by atoms with Crippen LogP contribution in [0.1, 0.15) is 0 Å². The van der Waals surface area contributed by atoms with E-state index in [2.05, 4.69) is 17.1 Å². The molecule has 0 radical (unpaired) electrons. The number of pyridine rings is 1. The molecule has 0 bridgehead atoms. The number of hydrogen-bond donors (Lipinski definition) is 1. The Morgan fingerprint density at radius 2 is 2.00 bits per heavy atom. The largest absolute Gasteiger partial charge is 0.322 e. The van der Waals surface area contributed by atoms with Crippen LogP contribution in [0.5, 0.6) is 0 Å². The van der Waals surface area contributed by atoms with Crippen molar-refractivity contribution in [3.8, 4) is 0 Å². The molecule has 0 spiro atoms. The molecule has 2 N–H and O–H groups in total. The van der Waals surface area contributed by atoms with Crippen LogP contribution < -0.4 is 5.73 Å². The number of benzene rings is 1. The van der Waals surface area contributed by atoms with Crippen molar-refractivity contribution in [3.63, 3.8) is 0 Å². The summed E-state index contributed by atoms with van der Waals surface area (Å²) >= 11 is 1.56. The predicted molar refractivity (Wildman–Crippen MR) is 56.7 cm³/mol. The molecule has 3 heteroatoms. The van der Waals surface area contributed by atoms with Gasteiger partial charge in [-0.15, -0.1) is 0 Å². The first kappa shape index (κ1) is 8.53. The fourth-order valence-electron chi connectivity index (χ4n) is 1.21. The Hall–Kier alpha value is -1.06. The zero-order chi connectivity index (χ0) is 9.10. The Morgan fingerprint density at radius 1 is 1.15 bits per heavy atom. The van der Waals surface area contributed by atoms with Gasteiger partial charge in [-0.3, -0.25) is 0 Å². The van der Waals surface area contributed by atoms with Gasteiger partial charge < -0.3 is 5.73 Å². The van der Waals surface area contributed by atoms with Crippen LogP contribution in [0, 0.1) is 0 Å². The molecule has 0 atom stereocenters. The van der Waals surface area contributed by atoms with Gasteiger partial charge in [0.2, 0.25) is 0 Å². The maximum Gasteiger partial charge on any atom is 0.0980 e. The average Bonchev–Trinajstić information content (AvgIpc) is 2.18. The standard InChI is InChI=1S/C10H10N2S/c11-7-13-10-6-5-8-3-1-2-4-9(8)12-10/h1-6H,7,11H2. The number of para-hydroxylation sites is 1. The third kappa shape index (κ3) is 1.82. The van der Waals surface area contributed by atoms with Crippen LogP contribution in [0.2, 0.25) is 0 Å². The lowest BCUT2D eigenvalue weighted by Gasteiger charge is -1.99. The van der Waals surface area contributed by atoms with Crippen molar-refractivity contribution < 1.29 is 0 Å². The van der Waals surface area contributed by atoms with E-state index in [9.17, 15) is 0 Å². The average molecular weight is 190 g/mol. The second-order valence-electron chi connectivity index (χ2n) is 2.65. The molecule has 1 aromatic carbocycles. The van der Waals surface area contributed by atoms with Crippen LogP contribution in [0.15, 0.2) is 41.4 Å². The van der Waals surface area contributed by atoms with Crippen LogP contribution in [-0.2, 0) is 0 Å². The minimum atomic E-state index is 0.575. The van der Waals surface area contributed by atoms with Gasteiger partial charge in [0.25, 0.3) is 0 Å². The summed E-state index contributed by atoms with van der Waals surface area (Å²) in [7, 11) is 0. The van der Waals surface area contributed by atoms with Crippen molar-refractivity contribution in [3.05, 3.63) is 36.4 Å². The molecule has 1 aromatic heterocycles. The minimum Gasteiger partial charge on any atom is -0.322 e. The van der Waals surface area contributed by atoms with Crippen LogP contribution in [0.3, 0.4) is 0 Å². The Labute approximate surface area is 81.2 Å². The lowest BCUT2D eigenvalue weighted by atomic mass is 10.2. The molecule has 0 unspecified atom stereocenters. The molecule has 2 rings (SSSR count). The molecule has 0 amide bonds. The van der Waals surface area contributed by atoms with E-state index in [4.69, 9.17) is 5.73 Å². The molecule has 0 fully saturated rings. The van der Waals surface area contributed by atoms with Gasteiger partial charge in [-0.25, -0.2) is 4.98 Å². The highest BCUT2D eigenvalue weighted by Gasteiger charge is 1.96. The summed E-state index contributed by atoms with van der Waals surface area (Å²) in [6, 6.07) is 12.1. The van der Waals surface area contributed by atoms with E-state index in [0.29, 0.717) is 5.88 Å². The monoisotopic (exact) mass is 190 g/mol. The molecule has 66 valence electrons. The molecule has 0 aliphatic carbocycles. The topological polar surface area (TPSA) is 38.9 Å². The molecule has 0 saturated heterocycles. The molecule has 1 heterocycles. The van der Waals surface area contributed by atoms with E-state index in [1.54, 1.807) is 11.8 Å². The molecule has 0 saturated carbocycles. The van der Waals surface area contributed by atoms with Crippen molar-refractivity contribution in [2.45, 2.75) is 5.03 Å². The van der Waals surface area contributed by atoms with E-state index >= 15 is 0 Å². The van der Waals surface area contributed by atoms with Crippen molar-refractivity contribution in [2.24, 2.45) is 5.73 Å². The summed E-state index contributed by atoms with van der Waals surface area (Å²) in [5.41, 5.74) is 6.46. The minimum absolute atomic E-state index is 0.575. The van der Waals surface area contributed by atoms with Gasteiger partial charge in [-0.1, -0.05) is 36.0 Å². The van der Waals surface area contributed by atoms with Gasteiger partial charge in [-0.2, -0.15) is 0 Å². The highest BCUT2D eigenvalue weighted by Crippen LogP contribution is 2.18. The fourth-order valence-corrected chi connectivity index (χ4v) is 1.71. The summed E-state index contributed by atoms with van der Waals surface area (Å²) in [6.45, 7) is 0. The zero-order valence-electron chi connectivity index (χ0n) is 7.10. The van der Waals surface area contributed by atoms with Crippen molar-refractivity contribution in [1.82, 2.24) is 4.98 Å². The summed E-state index contributed by atoms with van der Waals surface area (Å²) in [4.78, 5) is 4.45. The summed E-state index contributed by atoms with van der Waals surface area (Å²) in [5.74, 6) is 0.575. The Morgan fingerprint density at radius 3 is 2.85 bits per heavy atom. The molecular formula is C10H10N2S. The fraction of sp³-hybridized carbons (Fsp3) is 0.100. The number of nitrogens with zero attached hydrogens (tertiary/aromatic N) is 1.